The maximum absolute atomic E-state index is 13.8. The second-order valence-corrected chi connectivity index (χ2v) is 6.81. The number of aryl methyl sites for hydroxylation is 1. The molecule has 0 aromatic heterocycles. The van der Waals surface area contributed by atoms with E-state index in [0.29, 0.717) is 17.5 Å². The topological polar surface area (TPSA) is 55.4 Å². The van der Waals surface area contributed by atoms with Gasteiger partial charge in [-0.1, -0.05) is 42.0 Å². The lowest BCUT2D eigenvalue weighted by atomic mass is 9.92. The largest absolute Gasteiger partial charge is 0.454 e. The average molecular weight is 375 g/mol. The molecule has 3 aromatic carbocycles. The molecule has 28 heavy (non-hydrogen) atoms. The second-order valence-electron chi connectivity index (χ2n) is 6.81. The number of esters is 1. The number of halogens is 1. The molecule has 0 fully saturated rings. The minimum Gasteiger partial charge on any atom is -0.454 e. The number of hydrogen-bond acceptors (Lipinski definition) is 3. The van der Waals surface area contributed by atoms with Crippen LogP contribution in [0.2, 0.25) is 0 Å². The van der Waals surface area contributed by atoms with E-state index >= 15 is 0 Å². The van der Waals surface area contributed by atoms with Crippen LogP contribution in [0.15, 0.2) is 66.7 Å². The van der Waals surface area contributed by atoms with Gasteiger partial charge in [0.2, 0.25) is 0 Å². The maximum atomic E-state index is 13.8. The van der Waals surface area contributed by atoms with Gasteiger partial charge < -0.3 is 10.1 Å². The molecule has 3 aromatic rings. The van der Waals surface area contributed by atoms with Crippen molar-refractivity contribution in [1.82, 2.24) is 0 Å². The molecule has 4 nitrogen and oxygen atoms in total. The highest BCUT2D eigenvalue weighted by Crippen LogP contribution is 2.31. The van der Waals surface area contributed by atoms with Gasteiger partial charge >= 0.3 is 5.97 Å². The Hall–Kier alpha value is -3.47. The van der Waals surface area contributed by atoms with Gasteiger partial charge in [-0.05, 0) is 48.4 Å². The summed E-state index contributed by atoms with van der Waals surface area (Å²) in [6.07, 6.45) is 0.0794. The first-order chi connectivity index (χ1) is 13.5. The summed E-state index contributed by atoms with van der Waals surface area (Å²) in [5.41, 5.74) is 3.69. The third-order valence-corrected chi connectivity index (χ3v) is 4.81. The van der Waals surface area contributed by atoms with Crippen molar-refractivity contribution >= 4 is 17.6 Å². The first-order valence-electron chi connectivity index (χ1n) is 8.97. The number of para-hydroxylation sites is 1. The molecule has 0 aliphatic carbocycles. The summed E-state index contributed by atoms with van der Waals surface area (Å²) in [7, 11) is 0. The predicted octanol–water partition coefficient (Wildman–Crippen LogP) is 4.84. The Labute approximate surface area is 162 Å². The molecule has 4 rings (SSSR count). The van der Waals surface area contributed by atoms with Crippen LogP contribution in [0.3, 0.4) is 0 Å². The van der Waals surface area contributed by atoms with Gasteiger partial charge in [0.1, 0.15) is 11.9 Å². The van der Waals surface area contributed by atoms with E-state index in [2.05, 4.69) is 5.32 Å². The Bertz CT molecular complexity index is 1060. The molecule has 140 valence electrons. The van der Waals surface area contributed by atoms with Crippen LogP contribution in [0, 0.1) is 12.7 Å². The third kappa shape index (κ3) is 3.51. The Kier molecular flexibility index (Phi) is 4.65. The molecule has 1 aliphatic heterocycles. The highest BCUT2D eigenvalue weighted by Gasteiger charge is 2.28. The van der Waals surface area contributed by atoms with Crippen molar-refractivity contribution in [1.29, 1.82) is 0 Å². The molecular formula is C23H18FNO3. The Morgan fingerprint density at radius 3 is 2.57 bits per heavy atom. The van der Waals surface area contributed by atoms with Crippen molar-refractivity contribution in [2.45, 2.75) is 19.4 Å². The lowest BCUT2D eigenvalue weighted by Crippen LogP contribution is -2.23. The zero-order valence-corrected chi connectivity index (χ0v) is 15.2. The van der Waals surface area contributed by atoms with Crippen LogP contribution in [-0.4, -0.2) is 11.9 Å². The van der Waals surface area contributed by atoms with Crippen LogP contribution >= 0.6 is 0 Å². The van der Waals surface area contributed by atoms with Crippen LogP contribution in [0.5, 0.6) is 0 Å². The minimum absolute atomic E-state index is 0.113. The molecule has 0 unspecified atom stereocenters. The van der Waals surface area contributed by atoms with Crippen LogP contribution in [-0.2, 0) is 11.2 Å². The number of amides is 1. The van der Waals surface area contributed by atoms with Crippen molar-refractivity contribution in [3.8, 4) is 0 Å². The van der Waals surface area contributed by atoms with E-state index in [4.69, 9.17) is 4.74 Å². The molecule has 0 spiro atoms. The zero-order valence-electron chi connectivity index (χ0n) is 15.2. The van der Waals surface area contributed by atoms with Gasteiger partial charge in [0.25, 0.3) is 5.91 Å². The van der Waals surface area contributed by atoms with Gasteiger partial charge in [-0.15, -0.1) is 0 Å². The second kappa shape index (κ2) is 7.27. The van der Waals surface area contributed by atoms with Gasteiger partial charge in [-0.2, -0.15) is 0 Å². The van der Waals surface area contributed by atoms with Crippen molar-refractivity contribution < 1.29 is 18.7 Å². The number of anilines is 1. The summed E-state index contributed by atoms with van der Waals surface area (Å²) in [5, 5.41) is 2.56. The van der Waals surface area contributed by atoms with Crippen LogP contribution in [0.25, 0.3) is 0 Å². The number of fused-ring (bicyclic) bond motifs is 1. The number of carbonyl (C=O) groups is 2. The van der Waals surface area contributed by atoms with E-state index < -0.39 is 23.8 Å². The third-order valence-electron chi connectivity index (χ3n) is 4.81. The summed E-state index contributed by atoms with van der Waals surface area (Å²) in [6, 6.07) is 18.6. The van der Waals surface area contributed by atoms with Crippen LogP contribution < -0.4 is 5.32 Å². The van der Waals surface area contributed by atoms with Gasteiger partial charge in [-0.25, -0.2) is 9.18 Å². The van der Waals surface area contributed by atoms with Gasteiger partial charge in [0.05, 0.1) is 11.3 Å². The SMILES string of the molecule is Cc1ccc([C@@H]2Cc3cc(C(=O)Nc4ccccc4F)ccc3C(=O)O2)cc1. The van der Waals surface area contributed by atoms with E-state index in [-0.39, 0.29) is 5.69 Å². The van der Waals surface area contributed by atoms with E-state index in [1.54, 1.807) is 30.3 Å². The first-order valence-corrected chi connectivity index (χ1v) is 8.97. The highest BCUT2D eigenvalue weighted by atomic mass is 19.1. The number of hydrogen-bond donors (Lipinski definition) is 1. The van der Waals surface area contributed by atoms with Gasteiger partial charge in [-0.3, -0.25) is 4.79 Å². The summed E-state index contributed by atoms with van der Waals surface area (Å²) in [6.45, 7) is 1.99. The molecular weight excluding hydrogens is 357 g/mol. The molecule has 0 radical (unpaired) electrons. The number of ether oxygens (including phenoxy) is 1. The van der Waals surface area contributed by atoms with Crippen LogP contribution in [0.1, 0.15) is 43.5 Å². The van der Waals surface area contributed by atoms with E-state index in [0.717, 1.165) is 16.7 Å². The Morgan fingerprint density at radius 2 is 1.82 bits per heavy atom. The van der Waals surface area contributed by atoms with Crippen molar-refractivity contribution in [3.63, 3.8) is 0 Å². The molecule has 1 heterocycles. The fourth-order valence-corrected chi connectivity index (χ4v) is 3.26. The number of carbonyl (C=O) groups excluding carboxylic acids is 2. The molecule has 1 N–H and O–H groups in total. The van der Waals surface area contributed by atoms with Crippen molar-refractivity contribution in [3.05, 3.63) is 100 Å². The lowest BCUT2D eigenvalue weighted by molar-refractivity contribution is 0.0252. The monoisotopic (exact) mass is 375 g/mol. The zero-order chi connectivity index (χ0) is 19.7. The number of cyclic esters (lactones) is 1. The van der Waals surface area contributed by atoms with E-state index in [1.165, 1.54) is 12.1 Å². The fourth-order valence-electron chi connectivity index (χ4n) is 3.26. The molecule has 5 heteroatoms. The maximum Gasteiger partial charge on any atom is 0.339 e. The average Bonchev–Trinajstić information content (AvgIpc) is 2.69. The van der Waals surface area contributed by atoms with E-state index in [1.807, 2.05) is 31.2 Å². The van der Waals surface area contributed by atoms with Crippen molar-refractivity contribution in [2.75, 3.05) is 5.32 Å². The summed E-state index contributed by atoms with van der Waals surface area (Å²) in [5.74, 6) is -1.34. The fraction of sp³-hybridized carbons (Fsp3) is 0.130. The Balaban J connectivity index is 1.60. The quantitative estimate of drug-likeness (QED) is 0.667. The first kappa shape index (κ1) is 17.9. The molecule has 0 saturated carbocycles. The molecule has 1 aliphatic rings. The van der Waals surface area contributed by atoms with Crippen molar-refractivity contribution in [2.24, 2.45) is 0 Å². The highest BCUT2D eigenvalue weighted by molar-refractivity contribution is 6.05. The molecule has 0 bridgehead atoms. The summed E-state index contributed by atoms with van der Waals surface area (Å²) < 4.78 is 19.3. The summed E-state index contributed by atoms with van der Waals surface area (Å²) in [4.78, 5) is 24.9. The van der Waals surface area contributed by atoms with Gasteiger partial charge in [0, 0.05) is 12.0 Å². The standard InChI is InChI=1S/C23H18FNO3/c1-14-6-8-15(9-7-14)21-13-17-12-16(10-11-18(17)23(27)28-21)22(26)25-20-5-3-2-4-19(20)24/h2-12,21H,13H2,1H3,(H,25,26)/t21-/m0/s1. The smallest absolute Gasteiger partial charge is 0.339 e. The molecule has 1 atom stereocenters. The van der Waals surface area contributed by atoms with E-state index in [9.17, 15) is 14.0 Å². The Morgan fingerprint density at radius 1 is 1.07 bits per heavy atom. The lowest BCUT2D eigenvalue weighted by Gasteiger charge is -2.25. The number of benzene rings is 3. The predicted molar refractivity (Wildman–Crippen MR) is 104 cm³/mol. The number of nitrogens with one attached hydrogen (secondary N) is 1. The minimum atomic E-state index is -0.503. The molecule has 1 amide bonds. The number of rotatable bonds is 3. The van der Waals surface area contributed by atoms with Crippen LogP contribution in [0.4, 0.5) is 10.1 Å². The summed E-state index contributed by atoms with van der Waals surface area (Å²) >= 11 is 0. The molecule has 0 saturated heterocycles. The van der Waals surface area contributed by atoms with Gasteiger partial charge in [0.15, 0.2) is 0 Å². The normalized spacial score (nSPS) is 15.5.